The second-order valence-corrected chi connectivity index (χ2v) is 7.32. The highest BCUT2D eigenvalue weighted by Crippen LogP contribution is 2.36. The van der Waals surface area contributed by atoms with Crippen LogP contribution in [0.4, 0.5) is 0 Å². The molecule has 1 aromatic heterocycles. The number of fused-ring (bicyclic) bond motifs is 1. The van der Waals surface area contributed by atoms with Crippen LogP contribution in [0.1, 0.15) is 45.9 Å². The molecule has 5 nitrogen and oxygen atoms in total. The molecular weight excluding hydrogens is 412 g/mol. The molecule has 3 rings (SSSR count). The third-order valence-corrected chi connectivity index (χ3v) is 4.65. The Morgan fingerprint density at radius 1 is 1.07 bits per heavy atom. The third-order valence-electron chi connectivity index (χ3n) is 4.03. The predicted octanol–water partition coefficient (Wildman–Crippen LogP) is 5.60. The maximum atomic E-state index is 12.5. The van der Waals surface area contributed by atoms with E-state index in [0.717, 1.165) is 5.56 Å². The zero-order valence-corrected chi connectivity index (χ0v) is 17.0. The van der Waals surface area contributed by atoms with Crippen molar-refractivity contribution in [3.05, 3.63) is 63.3 Å². The molecule has 0 amide bonds. The molecule has 0 aliphatic carbocycles. The van der Waals surface area contributed by atoms with Crippen molar-refractivity contribution in [1.82, 2.24) is 0 Å². The van der Waals surface area contributed by atoms with Gasteiger partial charge in [-0.3, -0.25) is 0 Å². The van der Waals surface area contributed by atoms with Crippen molar-refractivity contribution in [2.75, 3.05) is 0 Å². The summed E-state index contributed by atoms with van der Waals surface area (Å²) in [6.07, 6.45) is -0.254. The Labute approximate surface area is 165 Å². The number of aryl methyl sites for hydroxylation is 2. The van der Waals surface area contributed by atoms with Crippen molar-refractivity contribution in [2.24, 2.45) is 0 Å². The molecular formula is C21H19BrO5. The van der Waals surface area contributed by atoms with Crippen LogP contribution in [-0.2, 0) is 4.74 Å². The summed E-state index contributed by atoms with van der Waals surface area (Å²) >= 11 is 3.39. The minimum atomic E-state index is -0.473. The molecule has 0 N–H and O–H groups in total. The Bertz CT molecular complexity index is 1030. The average molecular weight is 431 g/mol. The third kappa shape index (κ3) is 3.90. The van der Waals surface area contributed by atoms with E-state index >= 15 is 0 Å². The number of halogens is 1. The first kappa shape index (κ1) is 19.2. The Kier molecular flexibility index (Phi) is 5.37. The summed E-state index contributed by atoms with van der Waals surface area (Å²) in [6.45, 7) is 7.10. The molecule has 0 saturated heterocycles. The van der Waals surface area contributed by atoms with Crippen LogP contribution in [0, 0.1) is 13.8 Å². The largest absolute Gasteiger partial charge is 0.460 e. The highest BCUT2D eigenvalue weighted by molar-refractivity contribution is 9.10. The Morgan fingerprint density at radius 2 is 1.78 bits per heavy atom. The van der Waals surface area contributed by atoms with Crippen LogP contribution in [0.3, 0.4) is 0 Å². The number of rotatable bonds is 4. The van der Waals surface area contributed by atoms with Crippen LogP contribution >= 0.6 is 15.9 Å². The number of furan rings is 1. The number of benzene rings is 2. The zero-order valence-electron chi connectivity index (χ0n) is 15.5. The van der Waals surface area contributed by atoms with E-state index in [0.29, 0.717) is 38.1 Å². The van der Waals surface area contributed by atoms with Crippen LogP contribution in [0.5, 0.6) is 5.75 Å². The molecule has 0 aliphatic rings. The lowest BCUT2D eigenvalue weighted by Gasteiger charge is -2.09. The summed E-state index contributed by atoms with van der Waals surface area (Å²) in [4.78, 5) is 25.0. The standard InChI is InChI=1S/C21H19BrO5/c1-11(2)25-21(24)19-13(4)26-17-10-16(22)18(9-15(17)19)27-20(23)14-8-6-5-7-12(14)3/h5-11H,1-4H3. The molecule has 0 saturated carbocycles. The number of carbonyl (C=O) groups excluding carboxylic acids is 2. The smallest absolute Gasteiger partial charge is 0.343 e. The number of hydrogen-bond acceptors (Lipinski definition) is 5. The molecule has 0 atom stereocenters. The molecule has 0 unspecified atom stereocenters. The fourth-order valence-electron chi connectivity index (χ4n) is 2.78. The summed E-state index contributed by atoms with van der Waals surface area (Å²) in [6, 6.07) is 10.5. The minimum absolute atomic E-state index is 0.254. The van der Waals surface area contributed by atoms with E-state index in [1.165, 1.54) is 0 Å². The topological polar surface area (TPSA) is 65.7 Å². The summed E-state index contributed by atoms with van der Waals surface area (Å²) in [5, 5.41) is 0.536. The number of ether oxygens (including phenoxy) is 2. The minimum Gasteiger partial charge on any atom is -0.460 e. The van der Waals surface area contributed by atoms with Gasteiger partial charge < -0.3 is 13.9 Å². The van der Waals surface area contributed by atoms with Crippen LogP contribution in [0.2, 0.25) is 0 Å². The van der Waals surface area contributed by atoms with Gasteiger partial charge in [-0.15, -0.1) is 0 Å². The van der Waals surface area contributed by atoms with Crippen LogP contribution in [0.25, 0.3) is 11.0 Å². The van der Waals surface area contributed by atoms with Crippen LogP contribution < -0.4 is 4.74 Å². The van der Waals surface area contributed by atoms with Crippen molar-refractivity contribution in [1.29, 1.82) is 0 Å². The highest BCUT2D eigenvalue weighted by atomic mass is 79.9. The van der Waals surface area contributed by atoms with E-state index in [4.69, 9.17) is 13.9 Å². The first-order valence-corrected chi connectivity index (χ1v) is 9.28. The van der Waals surface area contributed by atoms with Gasteiger partial charge in [0.2, 0.25) is 0 Å². The molecule has 6 heteroatoms. The number of carbonyl (C=O) groups is 2. The molecule has 140 valence electrons. The van der Waals surface area contributed by atoms with Gasteiger partial charge in [-0.05, 0) is 67.4 Å². The Morgan fingerprint density at radius 3 is 2.44 bits per heavy atom. The van der Waals surface area contributed by atoms with Gasteiger partial charge in [-0.1, -0.05) is 18.2 Å². The molecule has 0 fully saturated rings. The van der Waals surface area contributed by atoms with Gasteiger partial charge in [0.1, 0.15) is 22.7 Å². The highest BCUT2D eigenvalue weighted by Gasteiger charge is 2.23. The second kappa shape index (κ2) is 7.56. The van der Waals surface area contributed by atoms with E-state index < -0.39 is 11.9 Å². The maximum Gasteiger partial charge on any atom is 0.343 e. The SMILES string of the molecule is Cc1ccccc1C(=O)Oc1cc2c(C(=O)OC(C)C)c(C)oc2cc1Br. The summed E-state index contributed by atoms with van der Waals surface area (Å²) < 4.78 is 17.1. The monoisotopic (exact) mass is 430 g/mol. The van der Waals surface area contributed by atoms with Crippen LogP contribution in [-0.4, -0.2) is 18.0 Å². The van der Waals surface area contributed by atoms with E-state index in [9.17, 15) is 9.59 Å². The maximum absolute atomic E-state index is 12.5. The second-order valence-electron chi connectivity index (χ2n) is 6.47. The summed E-state index contributed by atoms with van der Waals surface area (Å²) in [7, 11) is 0. The lowest BCUT2D eigenvalue weighted by molar-refractivity contribution is 0.0378. The quantitative estimate of drug-likeness (QED) is 0.398. The van der Waals surface area contributed by atoms with Gasteiger partial charge >= 0.3 is 11.9 Å². The summed E-state index contributed by atoms with van der Waals surface area (Å²) in [5.74, 6) is -0.195. The predicted molar refractivity (Wildman–Crippen MR) is 105 cm³/mol. The summed E-state index contributed by atoms with van der Waals surface area (Å²) in [5.41, 5.74) is 2.14. The van der Waals surface area contributed by atoms with Crippen molar-refractivity contribution < 1.29 is 23.5 Å². The molecule has 0 aliphatic heterocycles. The number of hydrogen-bond donors (Lipinski definition) is 0. The van der Waals surface area contributed by atoms with E-state index in [1.54, 1.807) is 45.0 Å². The average Bonchev–Trinajstić information content (AvgIpc) is 2.89. The normalized spacial score (nSPS) is 11.0. The van der Waals surface area contributed by atoms with E-state index in [-0.39, 0.29) is 6.10 Å². The van der Waals surface area contributed by atoms with Crippen molar-refractivity contribution in [3.63, 3.8) is 0 Å². The number of esters is 2. The first-order chi connectivity index (χ1) is 12.8. The lowest BCUT2D eigenvalue weighted by Crippen LogP contribution is -2.12. The van der Waals surface area contributed by atoms with E-state index in [2.05, 4.69) is 15.9 Å². The van der Waals surface area contributed by atoms with Crippen molar-refractivity contribution in [3.8, 4) is 5.75 Å². The zero-order chi connectivity index (χ0) is 19.7. The van der Waals surface area contributed by atoms with Gasteiger partial charge in [0.15, 0.2) is 0 Å². The van der Waals surface area contributed by atoms with Gasteiger partial charge in [0.05, 0.1) is 16.1 Å². The van der Waals surface area contributed by atoms with Crippen molar-refractivity contribution >= 4 is 38.8 Å². The van der Waals surface area contributed by atoms with Crippen molar-refractivity contribution in [2.45, 2.75) is 33.8 Å². The Hall–Kier alpha value is -2.60. The fourth-order valence-corrected chi connectivity index (χ4v) is 3.19. The van der Waals surface area contributed by atoms with Gasteiger partial charge in [0.25, 0.3) is 0 Å². The van der Waals surface area contributed by atoms with Gasteiger partial charge in [-0.2, -0.15) is 0 Å². The fraction of sp³-hybridized carbons (Fsp3) is 0.238. The Balaban J connectivity index is 2.02. The molecule has 3 aromatic rings. The molecule has 0 radical (unpaired) electrons. The molecule has 27 heavy (non-hydrogen) atoms. The van der Waals surface area contributed by atoms with E-state index in [1.807, 2.05) is 19.1 Å². The molecule has 0 spiro atoms. The molecule has 1 heterocycles. The molecule has 0 bridgehead atoms. The van der Waals surface area contributed by atoms with Crippen LogP contribution in [0.15, 0.2) is 45.3 Å². The molecule has 2 aromatic carbocycles. The van der Waals surface area contributed by atoms with Gasteiger partial charge in [-0.25, -0.2) is 9.59 Å². The first-order valence-electron chi connectivity index (χ1n) is 8.49. The van der Waals surface area contributed by atoms with Gasteiger partial charge in [0, 0.05) is 5.39 Å². The lowest BCUT2D eigenvalue weighted by atomic mass is 10.1.